The van der Waals surface area contributed by atoms with Crippen LogP contribution in [0.3, 0.4) is 0 Å². The lowest BCUT2D eigenvalue weighted by Gasteiger charge is -2.20. The normalized spacial score (nSPS) is 13.9. The number of benzene rings is 1. The molecule has 0 saturated carbocycles. The number of hydrogen-bond donors (Lipinski definition) is 1. The number of nitrogen functional groups attached to an aromatic ring is 1. The number of hydrogen-bond acceptors (Lipinski definition) is 6. The Kier molecular flexibility index (Phi) is 5.80. The van der Waals surface area contributed by atoms with Crippen molar-refractivity contribution in [3.8, 4) is 11.4 Å². The predicted octanol–water partition coefficient (Wildman–Crippen LogP) is 3.01. The second kappa shape index (κ2) is 8.51. The molecule has 1 amide bonds. The number of carbonyl (C=O) groups excluding carboxylic acids is 1. The summed E-state index contributed by atoms with van der Waals surface area (Å²) in [6, 6.07) is 4.83. The van der Waals surface area contributed by atoms with Gasteiger partial charge in [0.25, 0.3) is 0 Å². The molecule has 0 bridgehead atoms. The zero-order valence-electron chi connectivity index (χ0n) is 17.2. The van der Waals surface area contributed by atoms with Gasteiger partial charge in [-0.15, -0.1) is 11.3 Å². The van der Waals surface area contributed by atoms with E-state index in [0.29, 0.717) is 36.0 Å². The number of halogens is 1. The van der Waals surface area contributed by atoms with E-state index >= 15 is 0 Å². The number of fused-ring (bicyclic) bond motifs is 1. The Morgan fingerprint density at radius 3 is 2.83 bits per heavy atom. The van der Waals surface area contributed by atoms with E-state index in [1.54, 1.807) is 23.7 Å². The van der Waals surface area contributed by atoms with Gasteiger partial charge in [-0.2, -0.15) is 5.10 Å². The molecule has 0 radical (unpaired) electrons. The van der Waals surface area contributed by atoms with E-state index in [1.807, 2.05) is 4.90 Å². The molecule has 158 valence electrons. The largest absolute Gasteiger partial charge is 0.375 e. The van der Waals surface area contributed by atoms with E-state index in [2.05, 4.69) is 22.0 Å². The van der Waals surface area contributed by atoms with E-state index in [1.165, 1.54) is 22.3 Å². The zero-order chi connectivity index (χ0) is 21.3. The molecule has 0 unspecified atom stereocenters. The monoisotopic (exact) mass is 428 g/mol. The first-order chi connectivity index (χ1) is 14.4. The topological polar surface area (TPSA) is 89.9 Å². The summed E-state index contributed by atoms with van der Waals surface area (Å²) >= 11 is 1.51. The molecule has 0 aliphatic carbocycles. The van der Waals surface area contributed by atoms with E-state index in [9.17, 15) is 9.18 Å². The summed E-state index contributed by atoms with van der Waals surface area (Å²) in [4.78, 5) is 25.1. The fraction of sp³-hybridized carbons (Fsp3) is 0.429. The van der Waals surface area contributed by atoms with Crippen LogP contribution in [0, 0.1) is 12.7 Å². The van der Waals surface area contributed by atoms with Crippen LogP contribution >= 0.6 is 11.3 Å². The highest BCUT2D eigenvalue weighted by Gasteiger charge is 2.23. The van der Waals surface area contributed by atoms with Crippen LogP contribution in [-0.4, -0.2) is 43.6 Å². The first kappa shape index (κ1) is 20.5. The molecule has 4 rings (SSSR count). The summed E-state index contributed by atoms with van der Waals surface area (Å²) in [5, 5.41) is 5.17. The fourth-order valence-corrected chi connectivity index (χ4v) is 4.54. The number of nitrogens with two attached hydrogens (primary N) is 1. The van der Waals surface area contributed by atoms with Crippen LogP contribution in [0.1, 0.15) is 35.3 Å². The highest BCUT2D eigenvalue weighted by atomic mass is 32.1. The van der Waals surface area contributed by atoms with Crippen LogP contribution in [0.5, 0.6) is 0 Å². The van der Waals surface area contributed by atoms with E-state index in [4.69, 9.17) is 5.73 Å². The minimum Gasteiger partial charge on any atom is -0.375 e. The number of aryl methyl sites for hydroxylation is 2. The van der Waals surface area contributed by atoms with Crippen LogP contribution in [0.4, 0.5) is 9.52 Å². The van der Waals surface area contributed by atoms with Crippen LogP contribution in [0.25, 0.3) is 11.4 Å². The van der Waals surface area contributed by atoms with Crippen molar-refractivity contribution in [2.75, 3.05) is 18.8 Å². The number of aromatic nitrogens is 4. The Labute approximate surface area is 178 Å². The third-order valence-corrected chi connectivity index (χ3v) is 6.28. The van der Waals surface area contributed by atoms with Crippen molar-refractivity contribution in [3.05, 3.63) is 46.0 Å². The average Bonchev–Trinajstić information content (AvgIpc) is 3.21. The fourth-order valence-electron chi connectivity index (χ4n) is 3.68. The van der Waals surface area contributed by atoms with Gasteiger partial charge in [0.05, 0.1) is 5.69 Å². The summed E-state index contributed by atoms with van der Waals surface area (Å²) < 4.78 is 15.3. The molecule has 1 aliphatic heterocycles. The summed E-state index contributed by atoms with van der Waals surface area (Å²) in [5.74, 6) is 1.05. The minimum atomic E-state index is -0.256. The zero-order valence-corrected chi connectivity index (χ0v) is 18.0. The molecule has 0 fully saturated rings. The van der Waals surface area contributed by atoms with Gasteiger partial charge in [0.1, 0.15) is 18.2 Å². The van der Waals surface area contributed by atoms with E-state index in [-0.39, 0.29) is 18.3 Å². The van der Waals surface area contributed by atoms with Gasteiger partial charge in [0.15, 0.2) is 11.0 Å². The quantitative estimate of drug-likeness (QED) is 0.675. The molecule has 2 aromatic heterocycles. The molecular formula is C21H25FN6OS. The minimum absolute atomic E-state index is 0.0159. The molecule has 7 nitrogen and oxygen atoms in total. The summed E-state index contributed by atoms with van der Waals surface area (Å²) in [6.07, 6.45) is 3.11. The second-order valence-corrected chi connectivity index (χ2v) is 8.64. The lowest BCUT2D eigenvalue weighted by Crippen LogP contribution is -2.36. The number of rotatable bonds is 5. The Bertz CT molecular complexity index is 1050. The molecule has 0 spiro atoms. The molecule has 3 heterocycles. The third kappa shape index (κ3) is 4.21. The number of nitrogens with zero attached hydrogens (tertiary/aromatic N) is 5. The predicted molar refractivity (Wildman–Crippen MR) is 115 cm³/mol. The second-order valence-electron chi connectivity index (χ2n) is 7.53. The number of carbonyl (C=O) groups is 1. The maximum atomic E-state index is 13.6. The van der Waals surface area contributed by atoms with Gasteiger partial charge in [-0.3, -0.25) is 4.79 Å². The van der Waals surface area contributed by atoms with Crippen LogP contribution in [-0.2, 0) is 30.6 Å². The first-order valence-electron chi connectivity index (χ1n) is 10.2. The van der Waals surface area contributed by atoms with Gasteiger partial charge >= 0.3 is 0 Å². The Morgan fingerprint density at radius 2 is 2.07 bits per heavy atom. The van der Waals surface area contributed by atoms with Crippen LogP contribution < -0.4 is 5.73 Å². The standard InChI is InChI=1S/C21H25FN6OS/c1-3-4-18-25-20(14-5-6-15(22)13(2)11-14)26-28(18)12-19(29)27-9-7-16-17(8-10-27)30-21(23)24-16/h5-6,11H,3-4,7-10,12H2,1-2H3,(H2,23,24). The van der Waals surface area contributed by atoms with Gasteiger partial charge in [-0.1, -0.05) is 6.92 Å². The highest BCUT2D eigenvalue weighted by molar-refractivity contribution is 7.15. The Morgan fingerprint density at radius 1 is 1.27 bits per heavy atom. The molecule has 1 aromatic carbocycles. The summed E-state index contributed by atoms with van der Waals surface area (Å²) in [5.41, 5.74) is 8.11. The Balaban J connectivity index is 1.51. The van der Waals surface area contributed by atoms with E-state index < -0.39 is 0 Å². The molecule has 30 heavy (non-hydrogen) atoms. The van der Waals surface area contributed by atoms with Crippen molar-refractivity contribution in [2.45, 2.75) is 46.1 Å². The van der Waals surface area contributed by atoms with Gasteiger partial charge in [0, 0.05) is 42.8 Å². The summed E-state index contributed by atoms with van der Waals surface area (Å²) in [7, 11) is 0. The maximum absolute atomic E-state index is 13.6. The lowest BCUT2D eigenvalue weighted by molar-refractivity contribution is -0.132. The highest BCUT2D eigenvalue weighted by Crippen LogP contribution is 2.24. The van der Waals surface area contributed by atoms with Crippen molar-refractivity contribution in [2.24, 2.45) is 0 Å². The van der Waals surface area contributed by atoms with Gasteiger partial charge in [-0.05, 0) is 37.1 Å². The SMILES string of the molecule is CCCc1nc(-c2ccc(F)c(C)c2)nn1CC(=O)N1CCc2nc(N)sc2CC1. The molecular weight excluding hydrogens is 403 g/mol. The van der Waals surface area contributed by atoms with Crippen molar-refractivity contribution in [1.82, 2.24) is 24.6 Å². The van der Waals surface area contributed by atoms with Crippen molar-refractivity contribution >= 4 is 22.4 Å². The van der Waals surface area contributed by atoms with Gasteiger partial charge in [-0.25, -0.2) is 19.0 Å². The van der Waals surface area contributed by atoms with Crippen LogP contribution in [0.15, 0.2) is 18.2 Å². The van der Waals surface area contributed by atoms with Gasteiger partial charge in [0.2, 0.25) is 5.91 Å². The van der Waals surface area contributed by atoms with E-state index in [0.717, 1.165) is 36.3 Å². The lowest BCUT2D eigenvalue weighted by atomic mass is 10.1. The third-order valence-electron chi connectivity index (χ3n) is 5.30. The maximum Gasteiger partial charge on any atom is 0.244 e. The van der Waals surface area contributed by atoms with Crippen molar-refractivity contribution < 1.29 is 9.18 Å². The molecule has 3 aromatic rings. The average molecular weight is 429 g/mol. The smallest absolute Gasteiger partial charge is 0.244 e. The molecule has 1 aliphatic rings. The molecule has 0 saturated heterocycles. The number of anilines is 1. The number of amides is 1. The first-order valence-corrected chi connectivity index (χ1v) is 11.0. The van der Waals surface area contributed by atoms with Crippen molar-refractivity contribution in [1.29, 1.82) is 0 Å². The molecule has 9 heteroatoms. The van der Waals surface area contributed by atoms with Crippen LogP contribution in [0.2, 0.25) is 0 Å². The Hall–Kier alpha value is -2.81. The van der Waals surface area contributed by atoms with Gasteiger partial charge < -0.3 is 10.6 Å². The van der Waals surface area contributed by atoms with Crippen molar-refractivity contribution in [3.63, 3.8) is 0 Å². The molecule has 2 N–H and O–H groups in total. The summed E-state index contributed by atoms with van der Waals surface area (Å²) in [6.45, 7) is 5.19. The number of thiazole rings is 1. The molecule has 0 atom stereocenters.